The van der Waals surface area contributed by atoms with Gasteiger partial charge in [-0.15, -0.1) is 0 Å². The Labute approximate surface area is 189 Å². The van der Waals surface area contributed by atoms with Crippen molar-refractivity contribution in [3.63, 3.8) is 0 Å². The van der Waals surface area contributed by atoms with Crippen molar-refractivity contribution in [2.24, 2.45) is 11.1 Å². The number of hydrogen-bond acceptors (Lipinski definition) is 2. The fourth-order valence-electron chi connectivity index (χ4n) is 4.71. The van der Waals surface area contributed by atoms with E-state index in [9.17, 15) is 9.18 Å². The van der Waals surface area contributed by atoms with Gasteiger partial charge in [-0.2, -0.15) is 0 Å². The minimum Gasteiger partial charge on any atom is -0.377 e. The van der Waals surface area contributed by atoms with Gasteiger partial charge in [-0.1, -0.05) is 77.1 Å². The van der Waals surface area contributed by atoms with Crippen LogP contribution in [0.15, 0.2) is 60.7 Å². The molecule has 0 radical (unpaired) electrons. The summed E-state index contributed by atoms with van der Waals surface area (Å²) >= 11 is 0. The van der Waals surface area contributed by atoms with Crippen LogP contribution in [0.5, 0.6) is 0 Å². The fraction of sp³-hybridized carbons (Fsp3) is 0.321. The van der Waals surface area contributed by atoms with E-state index >= 15 is 0 Å². The highest BCUT2D eigenvalue weighted by Gasteiger charge is 2.38. The van der Waals surface area contributed by atoms with Crippen LogP contribution in [0.2, 0.25) is 0 Å². The maximum absolute atomic E-state index is 14.3. The van der Waals surface area contributed by atoms with Gasteiger partial charge in [0.25, 0.3) is 5.91 Å². The molecule has 32 heavy (non-hydrogen) atoms. The predicted octanol–water partition coefficient (Wildman–Crippen LogP) is 6.62. The van der Waals surface area contributed by atoms with Crippen molar-refractivity contribution in [1.82, 2.24) is 0 Å². The summed E-state index contributed by atoms with van der Waals surface area (Å²) in [5, 5.41) is 3.56. The van der Waals surface area contributed by atoms with Crippen molar-refractivity contribution in [3.8, 4) is 11.1 Å². The Hall–Kier alpha value is -3.14. The Morgan fingerprint density at radius 2 is 1.72 bits per heavy atom. The Morgan fingerprint density at radius 3 is 2.34 bits per heavy atom. The SMILES string of the molecule is CC(C)(C)c1ccc(-c2cccc(C3Nc4ccc(F)c(C(N)=O)c4CC3(C)C)c2)cc1. The standard InChI is InChI=1S/C28H31FN2O/c1-27(2,3)20-11-9-17(10-12-20)18-7-6-8-19(15-18)25-28(4,5)16-21-23(31-25)14-13-22(29)24(21)26(30)32/h6-15,25,31H,16H2,1-5H3,(H2,30,32). The van der Waals surface area contributed by atoms with Crippen molar-refractivity contribution in [1.29, 1.82) is 0 Å². The zero-order valence-electron chi connectivity index (χ0n) is 19.4. The molecule has 1 amide bonds. The quantitative estimate of drug-likeness (QED) is 0.490. The molecular weight excluding hydrogens is 399 g/mol. The van der Waals surface area contributed by atoms with Crippen LogP contribution in [0.3, 0.4) is 0 Å². The molecule has 0 aromatic heterocycles. The minimum absolute atomic E-state index is 0.00536. The van der Waals surface area contributed by atoms with Gasteiger partial charge in [-0.3, -0.25) is 4.79 Å². The van der Waals surface area contributed by atoms with E-state index < -0.39 is 11.7 Å². The first kappa shape index (κ1) is 22.1. The highest BCUT2D eigenvalue weighted by Crippen LogP contribution is 2.46. The van der Waals surface area contributed by atoms with Crippen LogP contribution < -0.4 is 11.1 Å². The van der Waals surface area contributed by atoms with E-state index in [1.165, 1.54) is 17.2 Å². The van der Waals surface area contributed by atoms with Gasteiger partial charge < -0.3 is 11.1 Å². The number of benzene rings is 3. The summed E-state index contributed by atoms with van der Waals surface area (Å²) in [6, 6.07) is 20.3. The normalized spacial score (nSPS) is 17.4. The first-order valence-electron chi connectivity index (χ1n) is 11.1. The number of anilines is 1. The molecule has 0 bridgehead atoms. The summed E-state index contributed by atoms with van der Waals surface area (Å²) in [6.07, 6.45) is 0.556. The molecule has 3 nitrogen and oxygen atoms in total. The van der Waals surface area contributed by atoms with Crippen molar-refractivity contribution >= 4 is 11.6 Å². The maximum atomic E-state index is 14.3. The lowest BCUT2D eigenvalue weighted by atomic mass is 9.71. The Bertz CT molecular complexity index is 1170. The first-order valence-corrected chi connectivity index (χ1v) is 11.1. The van der Waals surface area contributed by atoms with Gasteiger partial charge in [0.05, 0.1) is 11.6 Å². The maximum Gasteiger partial charge on any atom is 0.252 e. The molecule has 1 aliphatic heterocycles. The highest BCUT2D eigenvalue weighted by molar-refractivity contribution is 5.96. The van der Waals surface area contributed by atoms with Crippen LogP contribution in [0.1, 0.15) is 67.7 Å². The number of rotatable bonds is 3. The van der Waals surface area contributed by atoms with E-state index in [0.29, 0.717) is 12.0 Å². The van der Waals surface area contributed by atoms with Crippen LogP contribution in [0.4, 0.5) is 10.1 Å². The van der Waals surface area contributed by atoms with Gasteiger partial charge in [0, 0.05) is 5.69 Å². The van der Waals surface area contributed by atoms with Crippen LogP contribution in [-0.2, 0) is 11.8 Å². The number of carbonyl (C=O) groups excluding carboxylic acids is 1. The van der Waals surface area contributed by atoms with E-state index in [0.717, 1.165) is 16.8 Å². The molecule has 0 saturated carbocycles. The van der Waals surface area contributed by atoms with Crippen LogP contribution in [0.25, 0.3) is 11.1 Å². The van der Waals surface area contributed by atoms with Gasteiger partial charge >= 0.3 is 0 Å². The smallest absolute Gasteiger partial charge is 0.252 e. The molecule has 3 N–H and O–H groups in total. The summed E-state index contributed by atoms with van der Waals surface area (Å²) in [5.41, 5.74) is 11.6. The number of carbonyl (C=O) groups is 1. The Balaban J connectivity index is 1.71. The molecule has 1 unspecified atom stereocenters. The minimum atomic E-state index is -0.726. The van der Waals surface area contributed by atoms with E-state index in [-0.39, 0.29) is 22.4 Å². The molecule has 1 aliphatic rings. The largest absolute Gasteiger partial charge is 0.377 e. The summed E-state index contributed by atoms with van der Waals surface area (Å²) in [4.78, 5) is 11.9. The first-order chi connectivity index (χ1) is 15.0. The third-order valence-corrected chi connectivity index (χ3v) is 6.53. The van der Waals surface area contributed by atoms with Crippen LogP contribution >= 0.6 is 0 Å². The Morgan fingerprint density at radius 1 is 1.03 bits per heavy atom. The van der Waals surface area contributed by atoms with Gasteiger partial charge in [0.15, 0.2) is 0 Å². The second-order valence-electron chi connectivity index (χ2n) is 10.5. The van der Waals surface area contributed by atoms with Crippen molar-refractivity contribution < 1.29 is 9.18 Å². The zero-order valence-corrected chi connectivity index (χ0v) is 19.4. The average Bonchev–Trinajstić information content (AvgIpc) is 2.72. The van der Waals surface area contributed by atoms with E-state index in [4.69, 9.17) is 5.73 Å². The number of fused-ring (bicyclic) bond motifs is 1. The fourth-order valence-corrected chi connectivity index (χ4v) is 4.71. The van der Waals surface area contributed by atoms with E-state index in [1.54, 1.807) is 6.07 Å². The summed E-state index contributed by atoms with van der Waals surface area (Å²) in [5.74, 6) is -1.29. The lowest BCUT2D eigenvalue weighted by molar-refractivity contribution is 0.0994. The second-order valence-corrected chi connectivity index (χ2v) is 10.5. The molecule has 166 valence electrons. The lowest BCUT2D eigenvalue weighted by Gasteiger charge is -2.42. The topological polar surface area (TPSA) is 55.1 Å². The average molecular weight is 431 g/mol. The molecule has 1 atom stereocenters. The lowest BCUT2D eigenvalue weighted by Crippen LogP contribution is -2.36. The molecular formula is C28H31FN2O. The third kappa shape index (κ3) is 4.02. The van der Waals surface area contributed by atoms with Gasteiger partial charge in [0.2, 0.25) is 0 Å². The van der Waals surface area contributed by atoms with Crippen molar-refractivity contribution in [3.05, 3.63) is 88.7 Å². The predicted molar refractivity (Wildman–Crippen MR) is 129 cm³/mol. The molecule has 0 fully saturated rings. The second kappa shape index (κ2) is 7.77. The molecule has 1 heterocycles. The molecule has 4 heteroatoms. The molecule has 3 aromatic carbocycles. The van der Waals surface area contributed by atoms with Crippen LogP contribution in [-0.4, -0.2) is 5.91 Å². The molecule has 0 aliphatic carbocycles. The van der Waals surface area contributed by atoms with Crippen LogP contribution in [0, 0.1) is 11.2 Å². The summed E-state index contributed by atoms with van der Waals surface area (Å²) in [6.45, 7) is 10.9. The summed E-state index contributed by atoms with van der Waals surface area (Å²) in [7, 11) is 0. The number of nitrogens with two attached hydrogens (primary N) is 1. The van der Waals surface area contributed by atoms with Gasteiger partial charge in [0.1, 0.15) is 5.82 Å². The monoisotopic (exact) mass is 430 g/mol. The molecule has 3 aromatic rings. The summed E-state index contributed by atoms with van der Waals surface area (Å²) < 4.78 is 14.3. The number of amides is 1. The zero-order chi connectivity index (χ0) is 23.3. The molecule has 4 rings (SSSR count). The Kier molecular flexibility index (Phi) is 5.36. The van der Waals surface area contributed by atoms with Crippen molar-refractivity contribution in [2.45, 2.75) is 52.5 Å². The number of hydrogen-bond donors (Lipinski definition) is 2. The molecule has 0 saturated heterocycles. The van der Waals surface area contributed by atoms with E-state index in [2.05, 4.69) is 88.5 Å². The number of halogens is 1. The van der Waals surface area contributed by atoms with Gasteiger partial charge in [-0.25, -0.2) is 4.39 Å². The molecule has 0 spiro atoms. The number of primary amides is 1. The third-order valence-electron chi connectivity index (χ3n) is 6.53. The number of nitrogens with one attached hydrogen (secondary N) is 1. The van der Waals surface area contributed by atoms with E-state index in [1.807, 2.05) is 0 Å². The van der Waals surface area contributed by atoms with Gasteiger partial charge in [-0.05, 0) is 63.3 Å². The van der Waals surface area contributed by atoms with Crippen molar-refractivity contribution in [2.75, 3.05) is 5.32 Å². The highest BCUT2D eigenvalue weighted by atomic mass is 19.1.